The number of ether oxygens (including phenoxy) is 2. The molecule has 0 saturated heterocycles. The smallest absolute Gasteiger partial charge is 0.349 e. The van der Waals surface area contributed by atoms with Crippen molar-refractivity contribution in [1.82, 2.24) is 0 Å². The monoisotopic (exact) mass is 338 g/mol. The molecule has 0 aliphatic heterocycles. The van der Waals surface area contributed by atoms with Crippen molar-refractivity contribution in [2.75, 3.05) is 6.61 Å². The van der Waals surface area contributed by atoms with Crippen LogP contribution in [0.25, 0.3) is 11.0 Å². The van der Waals surface area contributed by atoms with Crippen LogP contribution >= 0.6 is 0 Å². The highest BCUT2D eigenvalue weighted by atomic mass is 16.6. The maximum Gasteiger partial charge on any atom is 0.349 e. The molecule has 0 aliphatic rings. The van der Waals surface area contributed by atoms with Gasteiger partial charge in [0.1, 0.15) is 17.1 Å². The highest BCUT2D eigenvalue weighted by Crippen LogP contribution is 2.23. The topological polar surface area (TPSA) is 65.7 Å². The van der Waals surface area contributed by atoms with Gasteiger partial charge in [0.25, 0.3) is 0 Å². The molecule has 0 radical (unpaired) electrons. The zero-order valence-corrected chi connectivity index (χ0v) is 14.1. The number of para-hydroxylation sites is 1. The van der Waals surface area contributed by atoms with Gasteiger partial charge in [0, 0.05) is 17.5 Å². The van der Waals surface area contributed by atoms with Crippen LogP contribution in [-0.2, 0) is 11.2 Å². The number of carbonyl (C=O) groups excluding carboxylic acids is 1. The van der Waals surface area contributed by atoms with Gasteiger partial charge in [0.05, 0.1) is 0 Å². The Bertz CT molecular complexity index is 971. The Morgan fingerprint density at radius 3 is 2.72 bits per heavy atom. The van der Waals surface area contributed by atoms with E-state index in [4.69, 9.17) is 13.9 Å². The van der Waals surface area contributed by atoms with Crippen LogP contribution < -0.4 is 15.1 Å². The number of benzene rings is 2. The number of fused-ring (bicyclic) bond motifs is 1. The second-order valence-corrected chi connectivity index (χ2v) is 5.63. The Balaban J connectivity index is 1.70. The number of rotatable bonds is 5. The van der Waals surface area contributed by atoms with E-state index in [1.54, 1.807) is 12.1 Å². The fraction of sp³-hybridized carbons (Fsp3) is 0.200. The zero-order chi connectivity index (χ0) is 17.8. The van der Waals surface area contributed by atoms with Crippen LogP contribution in [0.3, 0.4) is 0 Å². The average Bonchev–Trinajstić information content (AvgIpc) is 2.59. The predicted molar refractivity (Wildman–Crippen MR) is 94.2 cm³/mol. The van der Waals surface area contributed by atoms with Crippen molar-refractivity contribution in [1.29, 1.82) is 0 Å². The van der Waals surface area contributed by atoms with E-state index in [0.29, 0.717) is 17.1 Å². The minimum Gasteiger partial charge on any atom is -0.482 e. The standard InChI is InChI=1S/C20H18O5/c1-3-14-6-4-5-7-17(14)23-12-20(22)24-15-8-9-16-13(2)10-19(21)25-18(16)11-15/h4-11H,3,12H2,1-2H3. The van der Waals surface area contributed by atoms with Crippen LogP contribution in [0, 0.1) is 6.92 Å². The summed E-state index contributed by atoms with van der Waals surface area (Å²) in [6, 6.07) is 13.9. The van der Waals surface area contributed by atoms with E-state index < -0.39 is 11.6 Å². The van der Waals surface area contributed by atoms with Crippen LogP contribution in [0.2, 0.25) is 0 Å². The minimum atomic E-state index is -0.528. The van der Waals surface area contributed by atoms with Crippen molar-refractivity contribution in [2.45, 2.75) is 20.3 Å². The molecule has 0 N–H and O–H groups in total. The first-order valence-corrected chi connectivity index (χ1v) is 8.02. The highest BCUT2D eigenvalue weighted by Gasteiger charge is 2.10. The van der Waals surface area contributed by atoms with E-state index in [1.165, 1.54) is 12.1 Å². The number of hydrogen-bond acceptors (Lipinski definition) is 5. The molecule has 2 aromatic carbocycles. The van der Waals surface area contributed by atoms with E-state index in [0.717, 1.165) is 22.9 Å². The molecule has 0 aliphatic carbocycles. The Labute approximate surface area is 144 Å². The summed E-state index contributed by atoms with van der Waals surface area (Å²) in [6.07, 6.45) is 0.814. The van der Waals surface area contributed by atoms with Gasteiger partial charge in [0.2, 0.25) is 0 Å². The molecule has 0 atom stereocenters. The molecule has 5 nitrogen and oxygen atoms in total. The van der Waals surface area contributed by atoms with E-state index >= 15 is 0 Å². The summed E-state index contributed by atoms with van der Waals surface area (Å²) in [4.78, 5) is 23.5. The lowest BCUT2D eigenvalue weighted by molar-refractivity contribution is -0.136. The lowest BCUT2D eigenvalue weighted by Crippen LogP contribution is -2.18. The molecule has 3 aromatic rings. The first kappa shape index (κ1) is 16.8. The molecular weight excluding hydrogens is 320 g/mol. The summed E-state index contributed by atoms with van der Waals surface area (Å²) < 4.78 is 16.0. The molecule has 0 amide bonds. The Hall–Kier alpha value is -3.08. The van der Waals surface area contributed by atoms with Crippen molar-refractivity contribution in [3.8, 4) is 11.5 Å². The quantitative estimate of drug-likeness (QED) is 0.404. The molecular formula is C20H18O5. The molecule has 0 saturated carbocycles. The van der Waals surface area contributed by atoms with Crippen molar-refractivity contribution >= 4 is 16.9 Å². The Kier molecular flexibility index (Phi) is 4.84. The molecule has 3 rings (SSSR count). The second kappa shape index (κ2) is 7.21. The first-order chi connectivity index (χ1) is 12.1. The third kappa shape index (κ3) is 3.88. The van der Waals surface area contributed by atoms with Crippen molar-refractivity contribution in [3.05, 3.63) is 70.1 Å². The summed E-state index contributed by atoms with van der Waals surface area (Å²) >= 11 is 0. The normalized spacial score (nSPS) is 10.6. The summed E-state index contributed by atoms with van der Waals surface area (Å²) in [5.41, 5.74) is 1.78. The van der Waals surface area contributed by atoms with E-state index in [9.17, 15) is 9.59 Å². The molecule has 128 valence electrons. The van der Waals surface area contributed by atoms with Gasteiger partial charge in [0.15, 0.2) is 6.61 Å². The van der Waals surface area contributed by atoms with Crippen LogP contribution in [0.4, 0.5) is 0 Å². The van der Waals surface area contributed by atoms with Gasteiger partial charge in [-0.3, -0.25) is 0 Å². The van der Waals surface area contributed by atoms with Crippen molar-refractivity contribution in [2.24, 2.45) is 0 Å². The first-order valence-electron chi connectivity index (χ1n) is 8.02. The number of carbonyl (C=O) groups is 1. The van der Waals surface area contributed by atoms with Gasteiger partial charge in [-0.25, -0.2) is 9.59 Å². The molecule has 25 heavy (non-hydrogen) atoms. The summed E-state index contributed by atoms with van der Waals surface area (Å²) in [7, 11) is 0. The summed E-state index contributed by atoms with van der Waals surface area (Å²) in [5.74, 6) is 0.445. The third-order valence-electron chi connectivity index (χ3n) is 3.85. The van der Waals surface area contributed by atoms with Crippen molar-refractivity contribution < 1.29 is 18.7 Å². The van der Waals surface area contributed by atoms with Gasteiger partial charge in [-0.1, -0.05) is 25.1 Å². The average molecular weight is 338 g/mol. The van der Waals surface area contributed by atoms with Crippen LogP contribution in [-0.4, -0.2) is 12.6 Å². The molecule has 0 fully saturated rings. The van der Waals surface area contributed by atoms with Crippen LogP contribution in [0.1, 0.15) is 18.1 Å². The maximum absolute atomic E-state index is 12.0. The number of hydrogen-bond donors (Lipinski definition) is 0. The van der Waals surface area contributed by atoms with Crippen LogP contribution in [0.15, 0.2) is 57.7 Å². The minimum absolute atomic E-state index is 0.202. The van der Waals surface area contributed by atoms with Gasteiger partial charge in [-0.15, -0.1) is 0 Å². The van der Waals surface area contributed by atoms with E-state index in [-0.39, 0.29) is 6.61 Å². The summed E-state index contributed by atoms with van der Waals surface area (Å²) in [5, 5.41) is 0.799. The number of esters is 1. The molecule has 0 bridgehead atoms. The van der Waals surface area contributed by atoms with Gasteiger partial charge < -0.3 is 13.9 Å². The van der Waals surface area contributed by atoms with E-state index in [1.807, 2.05) is 38.1 Å². The molecule has 5 heteroatoms. The molecule has 1 heterocycles. The Morgan fingerprint density at radius 2 is 1.92 bits per heavy atom. The summed E-state index contributed by atoms with van der Waals surface area (Å²) in [6.45, 7) is 3.64. The largest absolute Gasteiger partial charge is 0.482 e. The fourth-order valence-corrected chi connectivity index (χ4v) is 2.60. The van der Waals surface area contributed by atoms with Gasteiger partial charge in [-0.2, -0.15) is 0 Å². The third-order valence-corrected chi connectivity index (χ3v) is 3.85. The lowest BCUT2D eigenvalue weighted by atomic mass is 10.1. The Morgan fingerprint density at radius 1 is 1.12 bits per heavy atom. The predicted octanol–water partition coefficient (Wildman–Crippen LogP) is 3.65. The van der Waals surface area contributed by atoms with Gasteiger partial charge in [-0.05, 0) is 42.7 Å². The zero-order valence-electron chi connectivity index (χ0n) is 14.1. The second-order valence-electron chi connectivity index (χ2n) is 5.63. The van der Waals surface area contributed by atoms with Crippen LogP contribution in [0.5, 0.6) is 11.5 Å². The molecule has 1 aromatic heterocycles. The number of aryl methyl sites for hydroxylation is 2. The molecule has 0 spiro atoms. The lowest BCUT2D eigenvalue weighted by Gasteiger charge is -2.10. The SMILES string of the molecule is CCc1ccccc1OCC(=O)Oc1ccc2c(C)cc(=O)oc2c1. The maximum atomic E-state index is 12.0. The van der Waals surface area contributed by atoms with Gasteiger partial charge >= 0.3 is 11.6 Å². The fourth-order valence-electron chi connectivity index (χ4n) is 2.60. The highest BCUT2D eigenvalue weighted by molar-refractivity contribution is 5.82. The molecule has 0 unspecified atom stereocenters. The van der Waals surface area contributed by atoms with E-state index in [2.05, 4.69) is 0 Å². The van der Waals surface area contributed by atoms with Crippen molar-refractivity contribution in [3.63, 3.8) is 0 Å².